The third kappa shape index (κ3) is 4.04. The van der Waals surface area contributed by atoms with Crippen molar-refractivity contribution in [3.63, 3.8) is 0 Å². The average Bonchev–Trinajstić information content (AvgIpc) is 3.20. The van der Waals surface area contributed by atoms with E-state index in [9.17, 15) is 9.18 Å². The maximum Gasteiger partial charge on any atom is 0.255 e. The maximum atomic E-state index is 13.2. The molecule has 0 unspecified atom stereocenters. The minimum Gasteiger partial charge on any atom is -0.496 e. The van der Waals surface area contributed by atoms with Crippen LogP contribution in [0, 0.1) is 5.82 Å². The molecule has 2 aromatic carbocycles. The zero-order valence-corrected chi connectivity index (χ0v) is 16.1. The van der Waals surface area contributed by atoms with E-state index < -0.39 is 0 Å². The van der Waals surface area contributed by atoms with Crippen molar-refractivity contribution < 1.29 is 18.7 Å². The Hall–Kier alpha value is -4.01. The summed E-state index contributed by atoms with van der Waals surface area (Å²) in [6, 6.07) is 16.3. The number of nitrogens with one attached hydrogen (secondary N) is 1. The number of para-hydroxylation sites is 1. The lowest BCUT2D eigenvalue weighted by Gasteiger charge is -2.10. The molecule has 0 radical (unpaired) electrons. The number of rotatable bonds is 7. The van der Waals surface area contributed by atoms with Crippen LogP contribution in [0.5, 0.6) is 11.6 Å². The summed E-state index contributed by atoms with van der Waals surface area (Å²) < 4.78 is 25.5. The van der Waals surface area contributed by atoms with Crippen LogP contribution in [-0.2, 0) is 0 Å². The Bertz CT molecular complexity index is 1180. The normalized spacial score (nSPS) is 10.7. The van der Waals surface area contributed by atoms with Gasteiger partial charge in [0.1, 0.15) is 18.2 Å². The van der Waals surface area contributed by atoms with Crippen LogP contribution in [0.1, 0.15) is 10.4 Å². The van der Waals surface area contributed by atoms with Crippen LogP contribution < -0.4 is 14.8 Å². The number of amides is 1. The Morgan fingerprint density at radius 2 is 1.87 bits per heavy atom. The zero-order chi connectivity index (χ0) is 20.9. The molecule has 0 saturated heterocycles. The molecule has 4 aromatic rings. The van der Waals surface area contributed by atoms with Gasteiger partial charge >= 0.3 is 0 Å². The number of carbonyl (C=O) groups excluding carboxylic acids is 1. The molecule has 1 N–H and O–H groups in total. The first kappa shape index (κ1) is 19.3. The summed E-state index contributed by atoms with van der Waals surface area (Å²) in [4.78, 5) is 12.3. The molecule has 0 aliphatic carbocycles. The lowest BCUT2D eigenvalue weighted by Crippen LogP contribution is -2.28. The molecule has 2 aromatic heterocycles. The number of fused-ring (bicyclic) bond motifs is 1. The standard InChI is InChI=1S/C21H18FN5O3/c1-29-17-5-3-2-4-16(17)21(28)23-12-13-30-19-11-10-18-24-25-20(27(18)26-19)14-6-8-15(22)9-7-14/h2-11H,12-13H2,1H3,(H,23,28). The molecule has 9 heteroatoms. The van der Waals surface area contributed by atoms with Crippen molar-refractivity contribution in [1.29, 1.82) is 0 Å². The Morgan fingerprint density at radius 3 is 2.67 bits per heavy atom. The molecule has 1 amide bonds. The van der Waals surface area contributed by atoms with Gasteiger partial charge in [-0.1, -0.05) is 12.1 Å². The number of nitrogens with zero attached hydrogens (tertiary/aromatic N) is 4. The summed E-state index contributed by atoms with van der Waals surface area (Å²) in [7, 11) is 1.52. The number of carbonyl (C=O) groups is 1. The molecule has 4 rings (SSSR count). The monoisotopic (exact) mass is 407 g/mol. The molecule has 8 nitrogen and oxygen atoms in total. The Balaban J connectivity index is 1.40. The maximum absolute atomic E-state index is 13.2. The predicted molar refractivity (Wildman–Crippen MR) is 107 cm³/mol. The number of halogens is 1. The van der Waals surface area contributed by atoms with E-state index in [1.807, 2.05) is 0 Å². The molecule has 2 heterocycles. The van der Waals surface area contributed by atoms with Gasteiger partial charge in [-0.25, -0.2) is 4.39 Å². The highest BCUT2D eigenvalue weighted by atomic mass is 19.1. The molecule has 0 saturated carbocycles. The van der Waals surface area contributed by atoms with Crippen molar-refractivity contribution in [3.8, 4) is 23.0 Å². The molecule has 0 aliphatic rings. The molecule has 30 heavy (non-hydrogen) atoms. The van der Waals surface area contributed by atoms with E-state index in [0.717, 1.165) is 0 Å². The van der Waals surface area contributed by atoms with Crippen molar-refractivity contribution in [3.05, 3.63) is 72.0 Å². The number of hydrogen-bond donors (Lipinski definition) is 1. The van der Waals surface area contributed by atoms with Gasteiger partial charge in [-0.2, -0.15) is 4.52 Å². The Kier molecular flexibility index (Phi) is 5.51. The minimum atomic E-state index is -0.334. The van der Waals surface area contributed by atoms with Crippen LogP contribution in [0.15, 0.2) is 60.7 Å². The van der Waals surface area contributed by atoms with Crippen LogP contribution in [0.4, 0.5) is 4.39 Å². The molecule has 0 atom stereocenters. The van der Waals surface area contributed by atoms with Gasteiger partial charge in [-0.15, -0.1) is 15.3 Å². The number of ether oxygens (including phenoxy) is 2. The molecule has 0 spiro atoms. The smallest absolute Gasteiger partial charge is 0.255 e. The second-order valence-corrected chi connectivity index (χ2v) is 6.28. The lowest BCUT2D eigenvalue weighted by molar-refractivity contribution is 0.0943. The predicted octanol–water partition coefficient (Wildman–Crippen LogP) is 2.75. The fraction of sp³-hybridized carbons (Fsp3) is 0.143. The molecule has 0 fully saturated rings. The third-order valence-electron chi connectivity index (χ3n) is 4.33. The highest BCUT2D eigenvalue weighted by Gasteiger charge is 2.12. The molecular weight excluding hydrogens is 389 g/mol. The first-order valence-corrected chi connectivity index (χ1v) is 9.18. The highest BCUT2D eigenvalue weighted by Crippen LogP contribution is 2.19. The van der Waals surface area contributed by atoms with Gasteiger partial charge in [-0.3, -0.25) is 4.79 Å². The van der Waals surface area contributed by atoms with Gasteiger partial charge in [0.05, 0.1) is 19.2 Å². The Morgan fingerprint density at radius 1 is 1.07 bits per heavy atom. The molecule has 0 aliphatic heterocycles. The van der Waals surface area contributed by atoms with E-state index in [-0.39, 0.29) is 24.9 Å². The third-order valence-corrected chi connectivity index (χ3v) is 4.33. The number of benzene rings is 2. The zero-order valence-electron chi connectivity index (χ0n) is 16.1. The SMILES string of the molecule is COc1ccccc1C(=O)NCCOc1ccc2nnc(-c3ccc(F)cc3)n2n1. The largest absolute Gasteiger partial charge is 0.496 e. The fourth-order valence-corrected chi connectivity index (χ4v) is 2.88. The number of methoxy groups -OCH3 is 1. The summed E-state index contributed by atoms with van der Waals surface area (Å²) in [5, 5.41) is 15.3. The van der Waals surface area contributed by atoms with Gasteiger partial charge in [0.15, 0.2) is 11.5 Å². The second kappa shape index (κ2) is 8.56. The lowest BCUT2D eigenvalue weighted by atomic mass is 10.2. The van der Waals surface area contributed by atoms with Crippen molar-refractivity contribution >= 4 is 11.6 Å². The summed E-state index contributed by atoms with van der Waals surface area (Å²) in [5.74, 6) is 0.734. The summed E-state index contributed by atoms with van der Waals surface area (Å²) in [5.41, 5.74) is 1.66. The van der Waals surface area contributed by atoms with Gasteiger partial charge < -0.3 is 14.8 Å². The van der Waals surface area contributed by atoms with Crippen LogP contribution >= 0.6 is 0 Å². The minimum absolute atomic E-state index is 0.216. The van der Waals surface area contributed by atoms with Crippen LogP contribution in [0.25, 0.3) is 17.0 Å². The van der Waals surface area contributed by atoms with Gasteiger partial charge in [0, 0.05) is 11.6 Å². The highest BCUT2D eigenvalue weighted by molar-refractivity contribution is 5.96. The van der Waals surface area contributed by atoms with E-state index in [1.165, 1.54) is 23.8 Å². The van der Waals surface area contributed by atoms with Crippen molar-refractivity contribution in [2.75, 3.05) is 20.3 Å². The van der Waals surface area contributed by atoms with Gasteiger partial charge in [-0.05, 0) is 42.5 Å². The summed E-state index contributed by atoms with van der Waals surface area (Å²) >= 11 is 0. The van der Waals surface area contributed by atoms with Crippen molar-refractivity contribution in [2.45, 2.75) is 0 Å². The first-order valence-electron chi connectivity index (χ1n) is 9.18. The van der Waals surface area contributed by atoms with Crippen LogP contribution in [-0.4, -0.2) is 46.0 Å². The van der Waals surface area contributed by atoms with E-state index in [2.05, 4.69) is 20.6 Å². The van der Waals surface area contributed by atoms with Crippen LogP contribution in [0.2, 0.25) is 0 Å². The van der Waals surface area contributed by atoms with Crippen molar-refractivity contribution in [2.24, 2.45) is 0 Å². The van der Waals surface area contributed by atoms with Crippen LogP contribution in [0.3, 0.4) is 0 Å². The first-order chi connectivity index (χ1) is 14.7. The average molecular weight is 407 g/mol. The molecule has 0 bridgehead atoms. The fourth-order valence-electron chi connectivity index (χ4n) is 2.88. The second-order valence-electron chi connectivity index (χ2n) is 6.28. The van der Waals surface area contributed by atoms with Gasteiger partial charge in [0.2, 0.25) is 5.88 Å². The van der Waals surface area contributed by atoms with Gasteiger partial charge in [0.25, 0.3) is 5.91 Å². The van der Waals surface area contributed by atoms with Crippen molar-refractivity contribution in [1.82, 2.24) is 25.1 Å². The molecular formula is C21H18FN5O3. The van der Waals surface area contributed by atoms with E-state index in [0.29, 0.717) is 34.2 Å². The molecule has 152 valence electrons. The van der Waals surface area contributed by atoms with E-state index >= 15 is 0 Å². The quantitative estimate of drug-likeness (QED) is 0.474. The van der Waals surface area contributed by atoms with E-state index in [4.69, 9.17) is 9.47 Å². The Labute approximate surface area is 171 Å². The number of hydrogen-bond acceptors (Lipinski definition) is 6. The number of aromatic nitrogens is 4. The topological polar surface area (TPSA) is 90.6 Å². The summed E-state index contributed by atoms with van der Waals surface area (Å²) in [6.45, 7) is 0.497. The summed E-state index contributed by atoms with van der Waals surface area (Å²) in [6.07, 6.45) is 0. The van der Waals surface area contributed by atoms with E-state index in [1.54, 1.807) is 48.5 Å².